The lowest BCUT2D eigenvalue weighted by Crippen LogP contribution is -2.44. The molecule has 5 nitrogen and oxygen atoms in total. The Bertz CT molecular complexity index is 1230. The van der Waals surface area contributed by atoms with E-state index >= 15 is 0 Å². The van der Waals surface area contributed by atoms with Crippen molar-refractivity contribution in [2.75, 3.05) is 4.31 Å². The topological polar surface area (TPSA) is 63.7 Å². The molecular weight excluding hydrogens is 446 g/mol. The van der Waals surface area contributed by atoms with Gasteiger partial charge in [-0.05, 0) is 87.2 Å². The first-order valence-electron chi connectivity index (χ1n) is 10.2. The summed E-state index contributed by atoms with van der Waals surface area (Å²) in [6.07, 6.45) is -1.06. The minimum absolute atomic E-state index is 0.0274. The van der Waals surface area contributed by atoms with Crippen molar-refractivity contribution in [1.29, 1.82) is 0 Å². The fourth-order valence-electron chi connectivity index (χ4n) is 3.40. The molecule has 0 spiro atoms. The van der Waals surface area contributed by atoms with Crippen LogP contribution in [0.2, 0.25) is 5.02 Å². The number of anilines is 1. The first kappa shape index (κ1) is 23.8. The molecule has 0 saturated heterocycles. The van der Waals surface area contributed by atoms with Gasteiger partial charge in [-0.1, -0.05) is 41.9 Å². The second-order valence-electron chi connectivity index (χ2n) is 7.84. The Hall–Kier alpha value is -2.83. The van der Waals surface area contributed by atoms with E-state index in [1.165, 1.54) is 12.1 Å². The highest BCUT2D eigenvalue weighted by atomic mass is 35.5. The van der Waals surface area contributed by atoms with E-state index in [4.69, 9.17) is 16.3 Å². The number of nitrogens with zero attached hydrogens (tertiary/aromatic N) is 1. The predicted molar refractivity (Wildman–Crippen MR) is 128 cm³/mol. The zero-order chi connectivity index (χ0) is 23.6. The highest BCUT2D eigenvalue weighted by Crippen LogP contribution is 2.31. The Kier molecular flexibility index (Phi) is 6.96. The average molecular weight is 472 g/mol. The monoisotopic (exact) mass is 471 g/mol. The predicted octanol–water partition coefficient (Wildman–Crippen LogP) is 5.76. The highest BCUT2D eigenvalue weighted by molar-refractivity contribution is 7.93. The minimum atomic E-state index is -4.17. The van der Waals surface area contributed by atoms with Gasteiger partial charge in [-0.2, -0.15) is 4.31 Å². The summed E-state index contributed by atoms with van der Waals surface area (Å²) in [6.45, 7) is 8.85. The van der Waals surface area contributed by atoms with Gasteiger partial charge in [0.15, 0.2) is 6.10 Å². The third-order valence-corrected chi connectivity index (χ3v) is 7.46. The van der Waals surface area contributed by atoms with Crippen molar-refractivity contribution in [3.05, 3.63) is 87.9 Å². The number of hydrogen-bond acceptors (Lipinski definition) is 4. The summed E-state index contributed by atoms with van der Waals surface area (Å²) in [5, 5.41) is 0.625. The van der Waals surface area contributed by atoms with Gasteiger partial charge in [-0.15, -0.1) is 0 Å². The molecule has 0 fully saturated rings. The molecule has 0 aromatic heterocycles. The van der Waals surface area contributed by atoms with Crippen LogP contribution >= 0.6 is 11.6 Å². The lowest BCUT2D eigenvalue weighted by molar-refractivity contribution is -0.123. The molecule has 0 heterocycles. The van der Waals surface area contributed by atoms with Crippen LogP contribution < -0.4 is 9.04 Å². The Labute approximate surface area is 194 Å². The summed E-state index contributed by atoms with van der Waals surface area (Å²) in [6, 6.07) is 16.7. The molecule has 0 saturated carbocycles. The summed E-state index contributed by atoms with van der Waals surface area (Å²) < 4.78 is 33.9. The van der Waals surface area contributed by atoms with E-state index in [1.54, 1.807) is 56.3 Å². The SMILES string of the molecule is Cc1ccc(C)c(N(C(=O)C(C)Oc2cc(C)c(Cl)c(C)c2)S(=O)(=O)c2ccccc2)c1. The molecule has 0 aliphatic carbocycles. The number of ether oxygens (including phenoxy) is 1. The Morgan fingerprint density at radius 2 is 1.50 bits per heavy atom. The van der Waals surface area contributed by atoms with E-state index in [0.717, 1.165) is 21.0 Å². The molecule has 1 unspecified atom stereocenters. The molecule has 0 aliphatic rings. The van der Waals surface area contributed by atoms with Crippen molar-refractivity contribution >= 4 is 33.2 Å². The first-order chi connectivity index (χ1) is 15.0. The second-order valence-corrected chi connectivity index (χ2v) is 10.0. The van der Waals surface area contributed by atoms with Gasteiger partial charge in [0.05, 0.1) is 10.6 Å². The molecular formula is C25H26ClNO4S. The maximum Gasteiger partial charge on any atom is 0.281 e. The fourth-order valence-corrected chi connectivity index (χ4v) is 5.06. The molecule has 0 bridgehead atoms. The standard InChI is InChI=1S/C25H26ClNO4S/c1-16-11-12-17(2)23(13-16)27(32(29,30)22-9-7-6-8-10-22)25(28)20(5)31-21-14-18(3)24(26)19(4)15-21/h6-15,20H,1-5H3. The van der Waals surface area contributed by atoms with Crippen molar-refractivity contribution in [1.82, 2.24) is 0 Å². The number of aryl methyl sites for hydroxylation is 4. The molecule has 168 valence electrons. The molecule has 0 aliphatic heterocycles. The first-order valence-corrected chi connectivity index (χ1v) is 12.0. The Balaban J connectivity index is 2.07. The van der Waals surface area contributed by atoms with Crippen LogP contribution in [0.3, 0.4) is 0 Å². The second kappa shape index (κ2) is 9.35. The van der Waals surface area contributed by atoms with E-state index in [1.807, 2.05) is 26.8 Å². The molecule has 0 radical (unpaired) electrons. The molecule has 0 N–H and O–H groups in total. The Morgan fingerprint density at radius 3 is 2.09 bits per heavy atom. The van der Waals surface area contributed by atoms with Crippen LogP contribution in [-0.4, -0.2) is 20.4 Å². The van der Waals surface area contributed by atoms with Crippen molar-refractivity contribution in [2.24, 2.45) is 0 Å². The number of carbonyl (C=O) groups excluding carboxylic acids is 1. The van der Waals surface area contributed by atoms with Crippen LogP contribution in [0.4, 0.5) is 5.69 Å². The summed E-state index contributed by atoms with van der Waals surface area (Å²) >= 11 is 6.23. The van der Waals surface area contributed by atoms with Crippen molar-refractivity contribution < 1.29 is 17.9 Å². The molecule has 3 rings (SSSR count). The third-order valence-electron chi connectivity index (χ3n) is 5.14. The quantitative estimate of drug-likeness (QED) is 0.458. The van der Waals surface area contributed by atoms with Crippen molar-refractivity contribution in [3.8, 4) is 5.75 Å². The van der Waals surface area contributed by atoms with Crippen molar-refractivity contribution in [2.45, 2.75) is 45.6 Å². The smallest absolute Gasteiger partial charge is 0.281 e. The van der Waals surface area contributed by atoms with Gasteiger partial charge in [0.1, 0.15) is 5.75 Å². The molecule has 3 aromatic carbocycles. The number of rotatable bonds is 6. The molecule has 1 atom stereocenters. The van der Waals surface area contributed by atoms with E-state index < -0.39 is 22.0 Å². The molecule has 32 heavy (non-hydrogen) atoms. The van der Waals surface area contributed by atoms with E-state index in [2.05, 4.69) is 0 Å². The molecule has 7 heteroatoms. The van der Waals surface area contributed by atoms with Crippen LogP contribution in [0.5, 0.6) is 5.75 Å². The number of halogens is 1. The fraction of sp³-hybridized carbons (Fsp3) is 0.240. The minimum Gasteiger partial charge on any atom is -0.481 e. The largest absolute Gasteiger partial charge is 0.481 e. The number of carbonyl (C=O) groups is 1. The van der Waals surface area contributed by atoms with Crippen LogP contribution in [0.1, 0.15) is 29.2 Å². The molecule has 3 aromatic rings. The zero-order valence-corrected chi connectivity index (χ0v) is 20.3. The van der Waals surface area contributed by atoms with Gasteiger partial charge in [0.2, 0.25) is 0 Å². The summed E-state index contributed by atoms with van der Waals surface area (Å²) in [5.41, 5.74) is 3.42. The van der Waals surface area contributed by atoms with Gasteiger partial charge in [-0.3, -0.25) is 4.79 Å². The van der Waals surface area contributed by atoms with Gasteiger partial charge >= 0.3 is 0 Å². The number of benzene rings is 3. The van der Waals surface area contributed by atoms with Gasteiger partial charge in [-0.25, -0.2) is 8.42 Å². The third kappa shape index (κ3) is 4.81. The maximum atomic E-state index is 13.6. The van der Waals surface area contributed by atoms with Crippen molar-refractivity contribution in [3.63, 3.8) is 0 Å². The van der Waals surface area contributed by atoms with Crippen LogP contribution in [0.15, 0.2) is 65.6 Å². The highest BCUT2D eigenvalue weighted by Gasteiger charge is 2.35. The van der Waals surface area contributed by atoms with E-state index in [-0.39, 0.29) is 4.90 Å². The number of amides is 1. The van der Waals surface area contributed by atoms with Gasteiger partial charge < -0.3 is 4.74 Å². The number of hydrogen-bond donors (Lipinski definition) is 0. The van der Waals surface area contributed by atoms with Crippen LogP contribution in [0, 0.1) is 27.7 Å². The van der Waals surface area contributed by atoms with E-state index in [0.29, 0.717) is 22.0 Å². The Morgan fingerprint density at radius 1 is 0.906 bits per heavy atom. The average Bonchev–Trinajstić information content (AvgIpc) is 2.75. The summed E-state index contributed by atoms with van der Waals surface area (Å²) in [7, 11) is -4.17. The van der Waals surface area contributed by atoms with Gasteiger partial charge in [0.25, 0.3) is 15.9 Å². The van der Waals surface area contributed by atoms with Gasteiger partial charge in [0, 0.05) is 5.02 Å². The van der Waals surface area contributed by atoms with Crippen LogP contribution in [0.25, 0.3) is 0 Å². The number of sulfonamides is 1. The molecule has 1 amide bonds. The normalized spacial score (nSPS) is 12.3. The zero-order valence-electron chi connectivity index (χ0n) is 18.7. The lowest BCUT2D eigenvalue weighted by Gasteiger charge is -2.27. The summed E-state index contributed by atoms with van der Waals surface area (Å²) in [5.74, 6) is -0.240. The maximum absolute atomic E-state index is 13.6. The van der Waals surface area contributed by atoms with Crippen LogP contribution in [-0.2, 0) is 14.8 Å². The lowest BCUT2D eigenvalue weighted by atomic mass is 10.1. The van der Waals surface area contributed by atoms with E-state index in [9.17, 15) is 13.2 Å². The summed E-state index contributed by atoms with van der Waals surface area (Å²) in [4.78, 5) is 13.6.